The van der Waals surface area contributed by atoms with E-state index in [1.807, 2.05) is 0 Å². The predicted octanol–water partition coefficient (Wildman–Crippen LogP) is 13.4. The summed E-state index contributed by atoms with van der Waals surface area (Å²) < 4.78 is 0. The molecule has 0 fully saturated rings. The van der Waals surface area contributed by atoms with E-state index in [1.54, 1.807) is 0 Å². The Morgan fingerprint density at radius 3 is 0.750 bits per heavy atom. The van der Waals surface area contributed by atoms with Crippen LogP contribution in [0.25, 0.3) is 101 Å². The Balaban J connectivity index is 1.23. The highest BCUT2D eigenvalue weighted by molar-refractivity contribution is 6.27. The van der Waals surface area contributed by atoms with Gasteiger partial charge in [0.2, 0.25) is 0 Å². The summed E-state index contributed by atoms with van der Waals surface area (Å²) in [7, 11) is 0. The van der Waals surface area contributed by atoms with Crippen molar-refractivity contribution in [3.8, 4) is 68.3 Å². The van der Waals surface area contributed by atoms with Gasteiger partial charge in [-0.15, -0.1) is 0 Å². The zero-order chi connectivity index (χ0) is 41.4. The summed E-state index contributed by atoms with van der Waals surface area (Å²) in [5, 5.41) is 6.77. The summed E-state index contributed by atoms with van der Waals surface area (Å²) in [5.74, 6) is 4.00. The number of aryl methyl sites for hydroxylation is 8. The fraction of sp³-hybridized carbons (Fsp3) is 0.148. The first-order chi connectivity index (χ1) is 29.0. The minimum absolute atomic E-state index is 0.646. The van der Waals surface area contributed by atoms with Crippen molar-refractivity contribution < 1.29 is 0 Å². The predicted molar refractivity (Wildman–Crippen MR) is 247 cm³/mol. The van der Waals surface area contributed by atoms with Gasteiger partial charge in [0.15, 0.2) is 34.9 Å². The minimum atomic E-state index is 0.646. The second-order valence-electron chi connectivity index (χ2n) is 16.3. The normalized spacial score (nSPS) is 11.7. The summed E-state index contributed by atoms with van der Waals surface area (Å²) in [4.78, 5) is 31.5. The molecule has 0 saturated carbocycles. The zero-order valence-electron chi connectivity index (χ0n) is 35.2. The number of aromatic nitrogens is 6. The van der Waals surface area contributed by atoms with E-state index in [1.165, 1.54) is 0 Å². The molecule has 10 aromatic rings. The lowest BCUT2D eigenvalue weighted by molar-refractivity contribution is 1.06. The molecular weight excluding hydrogens is 733 g/mol. The van der Waals surface area contributed by atoms with Gasteiger partial charge in [-0.25, -0.2) is 29.9 Å². The first kappa shape index (κ1) is 37.1. The van der Waals surface area contributed by atoms with Crippen LogP contribution in [0.4, 0.5) is 0 Å². The number of rotatable bonds is 6. The average Bonchev–Trinajstić information content (AvgIpc) is 3.22. The molecule has 0 saturated heterocycles. The zero-order valence-corrected chi connectivity index (χ0v) is 35.2. The minimum Gasteiger partial charge on any atom is -0.208 e. The highest BCUT2D eigenvalue weighted by Crippen LogP contribution is 2.43. The summed E-state index contributed by atoms with van der Waals surface area (Å²) in [6.07, 6.45) is 0. The summed E-state index contributed by atoms with van der Waals surface area (Å²) in [6, 6.07) is 43.0. The molecule has 0 bridgehead atoms. The van der Waals surface area contributed by atoms with Gasteiger partial charge in [-0.1, -0.05) is 109 Å². The smallest absolute Gasteiger partial charge is 0.164 e. The van der Waals surface area contributed by atoms with Crippen molar-refractivity contribution in [1.29, 1.82) is 0 Å². The van der Waals surface area contributed by atoms with Crippen molar-refractivity contribution >= 4 is 32.3 Å². The van der Waals surface area contributed by atoms with E-state index in [2.05, 4.69) is 177 Å². The van der Waals surface area contributed by atoms with E-state index in [4.69, 9.17) is 29.9 Å². The molecule has 0 aliphatic heterocycles. The summed E-state index contributed by atoms with van der Waals surface area (Å²) in [5.41, 5.74) is 15.1. The molecule has 2 aromatic heterocycles. The van der Waals surface area contributed by atoms with Crippen molar-refractivity contribution in [1.82, 2.24) is 29.9 Å². The van der Waals surface area contributed by atoms with E-state index in [-0.39, 0.29) is 0 Å². The molecule has 0 amide bonds. The third kappa shape index (κ3) is 6.01. The second-order valence-corrected chi connectivity index (χ2v) is 16.3. The van der Waals surface area contributed by atoms with Gasteiger partial charge in [0, 0.05) is 33.4 Å². The van der Waals surface area contributed by atoms with E-state index in [0.717, 1.165) is 110 Å². The molecule has 0 atom stereocenters. The van der Waals surface area contributed by atoms with E-state index in [9.17, 15) is 0 Å². The van der Waals surface area contributed by atoms with Crippen molar-refractivity contribution in [3.63, 3.8) is 0 Å². The Morgan fingerprint density at radius 1 is 0.250 bits per heavy atom. The Labute approximate surface area is 350 Å². The number of nitrogens with zero attached hydrogens (tertiary/aromatic N) is 6. The van der Waals surface area contributed by atoms with Gasteiger partial charge >= 0.3 is 0 Å². The van der Waals surface area contributed by atoms with Crippen LogP contribution in [-0.2, 0) is 0 Å². The standard InChI is InChI=1S/C54H44N6/c1-29-13-9-14-30(2)43(29)51-55-49(56-52(59-51)44-31(3)15-10-16-32(44)4)41-27-23-37-22-26-40-42(28-24-38-21-25-39(41)47(37)48(38)40)50-57-53(45-33(5)17-11-18-34(45)6)60-54(58-50)46-35(7)19-12-20-36(46)8/h9-28H,1-8H3. The maximum absolute atomic E-state index is 5.28. The molecule has 0 N–H and O–H groups in total. The van der Waals surface area contributed by atoms with Crippen LogP contribution in [0.15, 0.2) is 121 Å². The van der Waals surface area contributed by atoms with Crippen LogP contribution in [0, 0.1) is 55.4 Å². The number of benzene rings is 8. The van der Waals surface area contributed by atoms with Crippen molar-refractivity contribution in [2.24, 2.45) is 0 Å². The van der Waals surface area contributed by atoms with E-state index >= 15 is 0 Å². The van der Waals surface area contributed by atoms with Crippen molar-refractivity contribution in [2.45, 2.75) is 55.4 Å². The van der Waals surface area contributed by atoms with Crippen molar-refractivity contribution in [3.05, 3.63) is 166 Å². The molecule has 0 radical (unpaired) electrons. The van der Waals surface area contributed by atoms with Crippen LogP contribution in [0.2, 0.25) is 0 Å². The van der Waals surface area contributed by atoms with Gasteiger partial charge in [-0.2, -0.15) is 0 Å². The maximum atomic E-state index is 5.28. The first-order valence-electron chi connectivity index (χ1n) is 20.6. The molecule has 8 aromatic carbocycles. The number of hydrogen-bond donors (Lipinski definition) is 0. The lowest BCUT2D eigenvalue weighted by atomic mass is 9.89. The number of hydrogen-bond acceptors (Lipinski definition) is 6. The van der Waals surface area contributed by atoms with Crippen LogP contribution in [-0.4, -0.2) is 29.9 Å². The molecule has 0 unspecified atom stereocenters. The van der Waals surface area contributed by atoms with E-state index in [0.29, 0.717) is 34.9 Å². The van der Waals surface area contributed by atoms with Gasteiger partial charge < -0.3 is 0 Å². The molecule has 6 heteroatoms. The first-order valence-corrected chi connectivity index (χ1v) is 20.6. The van der Waals surface area contributed by atoms with E-state index < -0.39 is 0 Å². The molecule has 0 spiro atoms. The van der Waals surface area contributed by atoms with Gasteiger partial charge in [-0.05, 0) is 144 Å². The third-order valence-corrected chi connectivity index (χ3v) is 12.2. The molecular formula is C54H44N6. The lowest BCUT2D eigenvalue weighted by Gasteiger charge is -2.18. The Hall–Kier alpha value is -7.18. The Kier molecular flexibility index (Phi) is 8.83. The lowest BCUT2D eigenvalue weighted by Crippen LogP contribution is -2.04. The van der Waals surface area contributed by atoms with Crippen molar-refractivity contribution in [2.75, 3.05) is 0 Å². The fourth-order valence-corrected chi connectivity index (χ4v) is 9.30. The van der Waals surface area contributed by atoms with Gasteiger partial charge in [-0.3, -0.25) is 0 Å². The molecule has 0 aliphatic rings. The van der Waals surface area contributed by atoms with Crippen LogP contribution >= 0.6 is 0 Å². The maximum Gasteiger partial charge on any atom is 0.164 e. The van der Waals surface area contributed by atoms with Crippen LogP contribution < -0.4 is 0 Å². The van der Waals surface area contributed by atoms with Crippen LogP contribution in [0.5, 0.6) is 0 Å². The molecule has 6 nitrogen and oxygen atoms in total. The molecule has 60 heavy (non-hydrogen) atoms. The topological polar surface area (TPSA) is 77.3 Å². The van der Waals surface area contributed by atoms with Crippen LogP contribution in [0.1, 0.15) is 44.5 Å². The molecule has 10 rings (SSSR count). The quantitative estimate of drug-likeness (QED) is 0.157. The summed E-state index contributed by atoms with van der Waals surface area (Å²) >= 11 is 0. The average molecular weight is 777 g/mol. The molecule has 0 aliphatic carbocycles. The van der Waals surface area contributed by atoms with Gasteiger partial charge in [0.25, 0.3) is 0 Å². The fourth-order valence-electron chi connectivity index (χ4n) is 9.30. The second kappa shape index (κ2) is 14.3. The SMILES string of the molecule is Cc1cccc(C)c1-c1nc(-c2c(C)cccc2C)nc(-c2ccc3ccc4c(-c5nc(-c6c(C)cccc6C)nc(-c6c(C)cccc6C)n5)ccc5ccc2c3c54)n1. The van der Waals surface area contributed by atoms with Gasteiger partial charge in [0.05, 0.1) is 0 Å². The highest BCUT2D eigenvalue weighted by Gasteiger charge is 2.23. The summed E-state index contributed by atoms with van der Waals surface area (Å²) in [6.45, 7) is 17.0. The Morgan fingerprint density at radius 2 is 0.483 bits per heavy atom. The van der Waals surface area contributed by atoms with Gasteiger partial charge in [0.1, 0.15) is 0 Å². The monoisotopic (exact) mass is 776 g/mol. The molecule has 290 valence electrons. The largest absolute Gasteiger partial charge is 0.208 e. The van der Waals surface area contributed by atoms with Crippen LogP contribution in [0.3, 0.4) is 0 Å². The Bertz CT molecular complexity index is 2920. The molecule has 2 heterocycles. The highest BCUT2D eigenvalue weighted by atomic mass is 15.0. The third-order valence-electron chi connectivity index (χ3n) is 12.2.